The summed E-state index contributed by atoms with van der Waals surface area (Å²) < 4.78 is 5.16. The van der Waals surface area contributed by atoms with Gasteiger partial charge in [-0.25, -0.2) is 4.98 Å². The highest BCUT2D eigenvalue weighted by Gasteiger charge is 2.14. The molecule has 0 atom stereocenters. The van der Waals surface area contributed by atoms with Gasteiger partial charge < -0.3 is 15.4 Å². The number of methoxy groups -OCH3 is 1. The quantitative estimate of drug-likeness (QED) is 0.516. The van der Waals surface area contributed by atoms with Gasteiger partial charge in [0.1, 0.15) is 16.7 Å². The maximum atomic E-state index is 6.17. The fraction of sp³-hybridized carbons (Fsp3) is 0.444. The minimum Gasteiger partial charge on any atom is -0.495 e. The van der Waals surface area contributed by atoms with E-state index in [0.717, 1.165) is 11.5 Å². The van der Waals surface area contributed by atoms with Crippen LogP contribution in [0.25, 0.3) is 0 Å². The van der Waals surface area contributed by atoms with Gasteiger partial charge >= 0.3 is 0 Å². The molecule has 3 rings (SSSR count). The van der Waals surface area contributed by atoms with Crippen molar-refractivity contribution in [2.24, 2.45) is 0 Å². The molecular weight excluding hydrogens is 359 g/mol. The van der Waals surface area contributed by atoms with Crippen LogP contribution in [0.15, 0.2) is 24.3 Å². The van der Waals surface area contributed by atoms with Crippen molar-refractivity contribution in [1.82, 2.24) is 9.97 Å². The fourth-order valence-corrected chi connectivity index (χ4v) is 3.49. The zero-order valence-electron chi connectivity index (χ0n) is 14.2. The fourth-order valence-electron chi connectivity index (χ4n) is 3.05. The molecule has 0 spiro atoms. The minimum absolute atomic E-state index is 0.397. The van der Waals surface area contributed by atoms with E-state index in [4.69, 9.17) is 27.9 Å². The number of benzene rings is 1. The zero-order chi connectivity index (χ0) is 17.6. The highest BCUT2D eigenvalue weighted by molar-refractivity contribution is 6.32. The Kier molecular flexibility index (Phi) is 6.21. The van der Waals surface area contributed by atoms with Crippen molar-refractivity contribution in [3.05, 3.63) is 34.4 Å². The molecule has 0 saturated heterocycles. The molecule has 1 aliphatic carbocycles. The van der Waals surface area contributed by atoms with Crippen LogP contribution in [0.4, 0.5) is 17.5 Å². The van der Waals surface area contributed by atoms with Gasteiger partial charge in [-0.3, -0.25) is 0 Å². The highest BCUT2D eigenvalue weighted by atomic mass is 35.5. The minimum atomic E-state index is 0.397. The lowest BCUT2D eigenvalue weighted by Crippen LogP contribution is -2.19. The summed E-state index contributed by atoms with van der Waals surface area (Å²) in [6.45, 7) is 0. The van der Waals surface area contributed by atoms with Crippen LogP contribution in [0.3, 0.4) is 0 Å². The first-order valence-electron chi connectivity index (χ1n) is 8.56. The Morgan fingerprint density at radius 1 is 1.04 bits per heavy atom. The van der Waals surface area contributed by atoms with Gasteiger partial charge in [0, 0.05) is 17.8 Å². The summed E-state index contributed by atoms with van der Waals surface area (Å²) >= 11 is 12.3. The summed E-state index contributed by atoms with van der Waals surface area (Å²) in [5.74, 6) is 1.80. The molecule has 1 aromatic carbocycles. The van der Waals surface area contributed by atoms with Crippen molar-refractivity contribution in [2.45, 2.75) is 44.6 Å². The van der Waals surface area contributed by atoms with Crippen molar-refractivity contribution >= 4 is 40.7 Å². The summed E-state index contributed by atoms with van der Waals surface area (Å²) in [4.78, 5) is 8.78. The predicted molar refractivity (Wildman–Crippen MR) is 103 cm³/mol. The molecule has 1 aliphatic rings. The van der Waals surface area contributed by atoms with Crippen LogP contribution in [0.1, 0.15) is 38.5 Å². The second kappa shape index (κ2) is 8.59. The maximum absolute atomic E-state index is 6.17. The normalized spacial score (nSPS) is 15.5. The zero-order valence-corrected chi connectivity index (χ0v) is 15.7. The van der Waals surface area contributed by atoms with Crippen molar-refractivity contribution in [1.29, 1.82) is 0 Å². The van der Waals surface area contributed by atoms with Crippen LogP contribution in [-0.4, -0.2) is 23.1 Å². The van der Waals surface area contributed by atoms with E-state index < -0.39 is 0 Å². The second-order valence-corrected chi connectivity index (χ2v) is 7.00. The van der Waals surface area contributed by atoms with Gasteiger partial charge in [-0.2, -0.15) is 4.98 Å². The Balaban J connectivity index is 1.73. The SMILES string of the molecule is COc1ccc(Nc2nc(Cl)cc(NC3CCCCCC3)n2)cc1Cl. The van der Waals surface area contributed by atoms with E-state index in [1.807, 2.05) is 6.07 Å². The summed E-state index contributed by atoms with van der Waals surface area (Å²) in [6, 6.07) is 7.62. The van der Waals surface area contributed by atoms with E-state index >= 15 is 0 Å². The summed E-state index contributed by atoms with van der Waals surface area (Å²) in [7, 11) is 1.58. The van der Waals surface area contributed by atoms with Gasteiger partial charge in [-0.05, 0) is 31.0 Å². The molecule has 1 aromatic heterocycles. The van der Waals surface area contributed by atoms with Gasteiger partial charge in [0.2, 0.25) is 5.95 Å². The molecule has 0 radical (unpaired) electrons. The van der Waals surface area contributed by atoms with E-state index in [1.165, 1.54) is 38.5 Å². The Bertz CT molecular complexity index is 718. The van der Waals surface area contributed by atoms with Crippen LogP contribution in [0.2, 0.25) is 10.2 Å². The first kappa shape index (κ1) is 18.1. The monoisotopic (exact) mass is 380 g/mol. The topological polar surface area (TPSA) is 59.1 Å². The standard InChI is InChI=1S/C18H22Cl2N4O/c1-25-15-9-8-13(10-14(15)19)22-18-23-16(20)11-17(24-18)21-12-6-4-2-3-5-7-12/h8-12H,2-7H2,1H3,(H2,21,22,23,24). The largest absolute Gasteiger partial charge is 0.495 e. The lowest BCUT2D eigenvalue weighted by molar-refractivity contribution is 0.415. The number of anilines is 3. The van der Waals surface area contributed by atoms with Gasteiger partial charge in [0.05, 0.1) is 12.1 Å². The number of hydrogen-bond donors (Lipinski definition) is 2. The number of aromatic nitrogens is 2. The number of rotatable bonds is 5. The first-order valence-corrected chi connectivity index (χ1v) is 9.31. The van der Waals surface area contributed by atoms with E-state index in [1.54, 1.807) is 25.3 Å². The first-order chi connectivity index (χ1) is 12.1. The van der Waals surface area contributed by atoms with E-state index in [0.29, 0.717) is 27.9 Å². The van der Waals surface area contributed by atoms with Gasteiger partial charge in [0.15, 0.2) is 0 Å². The smallest absolute Gasteiger partial charge is 0.230 e. The Hall–Kier alpha value is -1.72. The third-order valence-electron chi connectivity index (χ3n) is 4.31. The number of nitrogens with one attached hydrogen (secondary N) is 2. The molecule has 1 saturated carbocycles. The highest BCUT2D eigenvalue weighted by Crippen LogP contribution is 2.29. The van der Waals surface area contributed by atoms with Crippen molar-refractivity contribution in [2.75, 3.05) is 17.7 Å². The lowest BCUT2D eigenvalue weighted by Gasteiger charge is -2.17. The number of ether oxygens (including phenoxy) is 1. The Morgan fingerprint density at radius 3 is 2.48 bits per heavy atom. The average molecular weight is 381 g/mol. The molecule has 0 amide bonds. The molecule has 7 heteroatoms. The van der Waals surface area contributed by atoms with Gasteiger partial charge in [0.25, 0.3) is 0 Å². The van der Waals surface area contributed by atoms with Crippen LogP contribution in [0, 0.1) is 0 Å². The van der Waals surface area contributed by atoms with Crippen LogP contribution < -0.4 is 15.4 Å². The molecule has 5 nitrogen and oxygen atoms in total. The third kappa shape index (κ3) is 5.13. The van der Waals surface area contributed by atoms with Crippen LogP contribution in [-0.2, 0) is 0 Å². The van der Waals surface area contributed by atoms with E-state index in [-0.39, 0.29) is 0 Å². The third-order valence-corrected chi connectivity index (χ3v) is 4.80. The van der Waals surface area contributed by atoms with E-state index in [2.05, 4.69) is 20.6 Å². The summed E-state index contributed by atoms with van der Waals surface area (Å²) in [5.41, 5.74) is 0.772. The number of hydrogen-bond acceptors (Lipinski definition) is 5. The molecule has 1 fully saturated rings. The molecule has 0 aliphatic heterocycles. The van der Waals surface area contributed by atoms with Crippen molar-refractivity contribution in [3.63, 3.8) is 0 Å². The Morgan fingerprint density at radius 2 is 1.80 bits per heavy atom. The molecule has 2 N–H and O–H groups in total. The summed E-state index contributed by atoms with van der Waals surface area (Å²) in [6.07, 6.45) is 7.47. The molecule has 1 heterocycles. The molecule has 0 unspecified atom stereocenters. The predicted octanol–water partition coefficient (Wildman–Crippen LogP) is 5.67. The summed E-state index contributed by atoms with van der Waals surface area (Å²) in [5, 5.41) is 7.55. The molecule has 25 heavy (non-hydrogen) atoms. The molecule has 2 aromatic rings. The van der Waals surface area contributed by atoms with Crippen molar-refractivity contribution < 1.29 is 4.74 Å². The van der Waals surface area contributed by atoms with Crippen LogP contribution in [0.5, 0.6) is 5.75 Å². The lowest BCUT2D eigenvalue weighted by atomic mass is 10.1. The van der Waals surface area contributed by atoms with Gasteiger partial charge in [-0.1, -0.05) is 48.9 Å². The van der Waals surface area contributed by atoms with Crippen LogP contribution >= 0.6 is 23.2 Å². The molecule has 0 bridgehead atoms. The van der Waals surface area contributed by atoms with Crippen molar-refractivity contribution in [3.8, 4) is 5.75 Å². The second-order valence-electron chi connectivity index (χ2n) is 6.21. The van der Waals surface area contributed by atoms with Gasteiger partial charge in [-0.15, -0.1) is 0 Å². The number of halogens is 2. The molecule has 134 valence electrons. The number of nitrogens with zero attached hydrogens (tertiary/aromatic N) is 2. The maximum Gasteiger partial charge on any atom is 0.230 e. The molecular formula is C18H22Cl2N4O. The average Bonchev–Trinajstić information content (AvgIpc) is 2.83. The van der Waals surface area contributed by atoms with E-state index in [9.17, 15) is 0 Å². The Labute approximate surface area is 158 Å².